The van der Waals surface area contributed by atoms with Crippen LogP contribution in [0.1, 0.15) is 24.8 Å². The lowest BCUT2D eigenvalue weighted by Crippen LogP contribution is -2.47. The molecule has 0 bridgehead atoms. The average Bonchev–Trinajstić information content (AvgIpc) is 2.68. The van der Waals surface area contributed by atoms with Gasteiger partial charge in [-0.25, -0.2) is 0 Å². The van der Waals surface area contributed by atoms with E-state index in [1.807, 2.05) is 17.0 Å². The fraction of sp³-hybridized carbons (Fsp3) is 0.650. The summed E-state index contributed by atoms with van der Waals surface area (Å²) in [7, 11) is 1.75. The van der Waals surface area contributed by atoms with Gasteiger partial charge in [0, 0.05) is 39.1 Å². The maximum absolute atomic E-state index is 12.3. The number of piperidine rings is 1. The van der Waals surface area contributed by atoms with E-state index in [9.17, 15) is 4.79 Å². The molecular formula is C20H32ClN3O2. The van der Waals surface area contributed by atoms with Crippen LogP contribution < -0.4 is 10.1 Å². The molecule has 146 valence electrons. The first-order valence-electron chi connectivity index (χ1n) is 9.59. The van der Waals surface area contributed by atoms with Crippen LogP contribution >= 0.6 is 12.4 Å². The Labute approximate surface area is 163 Å². The van der Waals surface area contributed by atoms with Crippen LogP contribution in [0, 0.1) is 5.92 Å². The number of carbonyl (C=O) groups is 1. The van der Waals surface area contributed by atoms with E-state index >= 15 is 0 Å². The summed E-state index contributed by atoms with van der Waals surface area (Å²) in [6, 6.07) is 8.35. The number of benzene rings is 1. The molecule has 1 aromatic rings. The number of halogens is 1. The quantitative estimate of drug-likeness (QED) is 0.820. The van der Waals surface area contributed by atoms with Crippen LogP contribution in [0.15, 0.2) is 24.3 Å². The molecule has 2 saturated heterocycles. The molecule has 2 aliphatic rings. The molecular weight excluding hydrogens is 350 g/mol. The highest BCUT2D eigenvalue weighted by Gasteiger charge is 2.22. The summed E-state index contributed by atoms with van der Waals surface area (Å²) in [6.07, 6.45) is 4.18. The van der Waals surface area contributed by atoms with E-state index in [-0.39, 0.29) is 12.4 Å². The van der Waals surface area contributed by atoms with Crippen LogP contribution in [0.3, 0.4) is 0 Å². The van der Waals surface area contributed by atoms with Crippen molar-refractivity contribution in [1.29, 1.82) is 0 Å². The Hall–Kier alpha value is -1.30. The van der Waals surface area contributed by atoms with Crippen molar-refractivity contribution in [3.8, 4) is 5.75 Å². The number of piperazine rings is 1. The molecule has 26 heavy (non-hydrogen) atoms. The molecule has 2 heterocycles. The van der Waals surface area contributed by atoms with Crippen LogP contribution in [0.5, 0.6) is 5.75 Å². The molecule has 0 aromatic heterocycles. The number of nitrogens with zero attached hydrogens (tertiary/aromatic N) is 2. The molecule has 6 heteroatoms. The van der Waals surface area contributed by atoms with Gasteiger partial charge in [0.25, 0.3) is 0 Å². The molecule has 0 spiro atoms. The number of carbonyl (C=O) groups excluding carboxylic acids is 1. The molecule has 0 aliphatic carbocycles. The zero-order valence-electron chi connectivity index (χ0n) is 15.8. The Kier molecular flexibility index (Phi) is 8.69. The van der Waals surface area contributed by atoms with Gasteiger partial charge in [-0.1, -0.05) is 18.2 Å². The maximum Gasteiger partial charge on any atom is 0.223 e. The summed E-state index contributed by atoms with van der Waals surface area (Å²) < 4.78 is 5.47. The molecule has 1 aromatic carbocycles. The number of hydrogen-bond donors (Lipinski definition) is 1. The van der Waals surface area contributed by atoms with E-state index in [1.165, 1.54) is 18.4 Å². The van der Waals surface area contributed by atoms with E-state index in [0.29, 0.717) is 12.3 Å². The summed E-state index contributed by atoms with van der Waals surface area (Å²) >= 11 is 0. The lowest BCUT2D eigenvalue weighted by atomic mass is 9.90. The van der Waals surface area contributed by atoms with Gasteiger partial charge in [0.05, 0.1) is 7.11 Å². The third kappa shape index (κ3) is 5.86. The summed E-state index contributed by atoms with van der Waals surface area (Å²) in [5.74, 6) is 2.04. The molecule has 2 fully saturated rings. The van der Waals surface area contributed by atoms with E-state index in [1.54, 1.807) is 7.11 Å². The zero-order valence-corrected chi connectivity index (χ0v) is 16.6. The van der Waals surface area contributed by atoms with Crippen molar-refractivity contribution < 1.29 is 9.53 Å². The Bertz CT molecular complexity index is 556. The van der Waals surface area contributed by atoms with Crippen molar-refractivity contribution in [2.75, 3.05) is 52.9 Å². The van der Waals surface area contributed by atoms with Gasteiger partial charge in [-0.05, 0) is 49.9 Å². The third-order valence-electron chi connectivity index (χ3n) is 5.52. The normalized spacial score (nSPS) is 19.0. The number of rotatable bonds is 6. The van der Waals surface area contributed by atoms with Crippen molar-refractivity contribution in [1.82, 2.24) is 15.1 Å². The van der Waals surface area contributed by atoms with Crippen LogP contribution in [0.25, 0.3) is 0 Å². The van der Waals surface area contributed by atoms with E-state index in [4.69, 9.17) is 4.74 Å². The minimum atomic E-state index is 0. The van der Waals surface area contributed by atoms with Gasteiger partial charge in [0.1, 0.15) is 5.75 Å². The fourth-order valence-electron chi connectivity index (χ4n) is 3.92. The van der Waals surface area contributed by atoms with E-state index in [0.717, 1.165) is 63.9 Å². The highest BCUT2D eigenvalue weighted by molar-refractivity contribution is 5.85. The topological polar surface area (TPSA) is 44.8 Å². The van der Waals surface area contributed by atoms with Crippen LogP contribution in [-0.2, 0) is 11.2 Å². The average molecular weight is 382 g/mol. The standard InChI is InChI=1S/C20H31N3O2.ClH/c1-25-19-5-3-2-4-18(19)16-17-6-11-22(12-7-17)13-8-20(24)23-14-9-21-10-15-23;/h2-5,17,21H,6-16H2,1H3;1H. The summed E-state index contributed by atoms with van der Waals surface area (Å²) in [5.41, 5.74) is 1.32. The second-order valence-electron chi connectivity index (χ2n) is 7.18. The van der Waals surface area contributed by atoms with Crippen LogP contribution in [0.4, 0.5) is 0 Å². The first kappa shape index (κ1) is 21.0. The first-order valence-corrected chi connectivity index (χ1v) is 9.59. The second-order valence-corrected chi connectivity index (χ2v) is 7.18. The lowest BCUT2D eigenvalue weighted by Gasteiger charge is -2.33. The lowest BCUT2D eigenvalue weighted by molar-refractivity contribution is -0.132. The highest BCUT2D eigenvalue weighted by Crippen LogP contribution is 2.26. The van der Waals surface area contributed by atoms with Gasteiger partial charge in [0.2, 0.25) is 5.91 Å². The van der Waals surface area contributed by atoms with E-state index in [2.05, 4.69) is 22.3 Å². The fourth-order valence-corrected chi connectivity index (χ4v) is 3.92. The van der Waals surface area contributed by atoms with E-state index < -0.39 is 0 Å². The smallest absolute Gasteiger partial charge is 0.223 e. The van der Waals surface area contributed by atoms with Crippen molar-refractivity contribution in [2.24, 2.45) is 5.92 Å². The zero-order chi connectivity index (χ0) is 17.5. The van der Waals surface area contributed by atoms with Gasteiger partial charge < -0.3 is 19.9 Å². The number of para-hydroxylation sites is 1. The molecule has 0 saturated carbocycles. The van der Waals surface area contributed by atoms with Gasteiger partial charge in [-0.15, -0.1) is 12.4 Å². The Morgan fingerprint density at radius 1 is 1.15 bits per heavy atom. The highest BCUT2D eigenvalue weighted by atomic mass is 35.5. The Morgan fingerprint density at radius 2 is 1.85 bits per heavy atom. The number of amides is 1. The minimum Gasteiger partial charge on any atom is -0.496 e. The Morgan fingerprint density at radius 3 is 2.54 bits per heavy atom. The number of likely N-dealkylation sites (tertiary alicyclic amines) is 1. The summed E-state index contributed by atoms with van der Waals surface area (Å²) in [4.78, 5) is 16.7. The molecule has 3 rings (SSSR count). The summed E-state index contributed by atoms with van der Waals surface area (Å²) in [5, 5.41) is 3.29. The second kappa shape index (κ2) is 10.8. The van der Waals surface area contributed by atoms with Crippen LogP contribution in [-0.4, -0.2) is 68.6 Å². The predicted octanol–water partition coefficient (Wildman–Crippen LogP) is 2.19. The number of ether oxygens (including phenoxy) is 1. The number of methoxy groups -OCH3 is 1. The van der Waals surface area contributed by atoms with Gasteiger partial charge in [-0.2, -0.15) is 0 Å². The monoisotopic (exact) mass is 381 g/mol. The summed E-state index contributed by atoms with van der Waals surface area (Å²) in [6.45, 7) is 6.70. The minimum absolute atomic E-state index is 0. The SMILES string of the molecule is COc1ccccc1CC1CCN(CCC(=O)N2CCNCC2)CC1.Cl. The largest absolute Gasteiger partial charge is 0.496 e. The van der Waals surface area contributed by atoms with Crippen molar-refractivity contribution >= 4 is 18.3 Å². The molecule has 1 N–H and O–H groups in total. The van der Waals surface area contributed by atoms with Gasteiger partial charge >= 0.3 is 0 Å². The molecule has 2 aliphatic heterocycles. The van der Waals surface area contributed by atoms with Gasteiger partial charge in [0.15, 0.2) is 0 Å². The van der Waals surface area contributed by atoms with Crippen molar-refractivity contribution in [2.45, 2.75) is 25.7 Å². The van der Waals surface area contributed by atoms with Crippen molar-refractivity contribution in [3.05, 3.63) is 29.8 Å². The van der Waals surface area contributed by atoms with Gasteiger partial charge in [-0.3, -0.25) is 4.79 Å². The first-order chi connectivity index (χ1) is 12.3. The molecule has 5 nitrogen and oxygen atoms in total. The molecule has 0 radical (unpaired) electrons. The number of hydrogen-bond acceptors (Lipinski definition) is 4. The predicted molar refractivity (Wildman–Crippen MR) is 107 cm³/mol. The molecule has 0 atom stereocenters. The number of nitrogens with one attached hydrogen (secondary N) is 1. The molecule has 0 unspecified atom stereocenters. The maximum atomic E-state index is 12.3. The Balaban J connectivity index is 0.00000243. The van der Waals surface area contributed by atoms with Crippen LogP contribution in [0.2, 0.25) is 0 Å². The third-order valence-corrected chi connectivity index (χ3v) is 5.52. The molecule has 1 amide bonds. The van der Waals surface area contributed by atoms with Crippen molar-refractivity contribution in [3.63, 3.8) is 0 Å².